The van der Waals surface area contributed by atoms with E-state index >= 15 is 0 Å². The molecule has 1 aromatic carbocycles. The van der Waals surface area contributed by atoms with E-state index in [4.69, 9.17) is 4.42 Å². The van der Waals surface area contributed by atoms with Crippen molar-refractivity contribution in [3.63, 3.8) is 0 Å². The standard InChI is InChI=1S/C21H22N4O3/c1-2-12-9-18-13(7-8-28-18)20(27)19(12)14-10-15-21(24-23-14)25(11-22-15)16-5-3-4-6-17(16)26/h7-11,16-17,26-27H,2-6H2,1H3/t16-,17-/m1/s1. The average Bonchev–Trinajstić information content (AvgIpc) is 3.34. The summed E-state index contributed by atoms with van der Waals surface area (Å²) < 4.78 is 7.39. The largest absolute Gasteiger partial charge is 0.506 e. The van der Waals surface area contributed by atoms with Crippen molar-refractivity contribution in [2.75, 3.05) is 0 Å². The number of nitrogens with zero attached hydrogens (tertiary/aromatic N) is 4. The van der Waals surface area contributed by atoms with Crippen LogP contribution in [0, 0.1) is 0 Å². The first-order valence-corrected chi connectivity index (χ1v) is 9.78. The van der Waals surface area contributed by atoms with Crippen LogP contribution in [0.1, 0.15) is 44.2 Å². The van der Waals surface area contributed by atoms with Crippen LogP contribution in [0.2, 0.25) is 0 Å². The fourth-order valence-electron chi connectivity index (χ4n) is 4.32. The Labute approximate surface area is 161 Å². The van der Waals surface area contributed by atoms with Gasteiger partial charge in [0.25, 0.3) is 0 Å². The van der Waals surface area contributed by atoms with Gasteiger partial charge in [0.2, 0.25) is 0 Å². The van der Waals surface area contributed by atoms with Crippen LogP contribution >= 0.6 is 0 Å². The van der Waals surface area contributed by atoms with E-state index in [9.17, 15) is 10.2 Å². The molecule has 1 aliphatic rings. The fraction of sp³-hybridized carbons (Fsp3) is 0.381. The van der Waals surface area contributed by atoms with Gasteiger partial charge in [0, 0.05) is 5.56 Å². The van der Waals surface area contributed by atoms with E-state index in [1.807, 2.05) is 23.6 Å². The van der Waals surface area contributed by atoms with Crippen LogP contribution in [-0.4, -0.2) is 36.1 Å². The zero-order chi connectivity index (χ0) is 19.3. The number of benzene rings is 1. The Morgan fingerprint density at radius 1 is 1.21 bits per heavy atom. The molecular formula is C21H22N4O3. The molecule has 2 atom stereocenters. The number of hydrogen-bond donors (Lipinski definition) is 2. The molecule has 1 aliphatic carbocycles. The van der Waals surface area contributed by atoms with Crippen molar-refractivity contribution in [3.8, 4) is 17.0 Å². The van der Waals surface area contributed by atoms with Crippen LogP contribution in [0.3, 0.4) is 0 Å². The van der Waals surface area contributed by atoms with Gasteiger partial charge in [-0.1, -0.05) is 19.8 Å². The molecule has 0 aliphatic heterocycles. The Bertz CT molecular complexity index is 1160. The Balaban J connectivity index is 1.63. The second-order valence-corrected chi connectivity index (χ2v) is 7.45. The number of fused-ring (bicyclic) bond motifs is 2. The first-order chi connectivity index (χ1) is 13.7. The van der Waals surface area contributed by atoms with Gasteiger partial charge in [0.05, 0.1) is 35.8 Å². The summed E-state index contributed by atoms with van der Waals surface area (Å²) in [6, 6.07) is 5.53. The second kappa shape index (κ2) is 6.60. The molecule has 4 aromatic rings. The first kappa shape index (κ1) is 17.2. The number of aromatic hydroxyl groups is 1. The summed E-state index contributed by atoms with van der Waals surface area (Å²) in [5, 5.41) is 30.7. The lowest BCUT2D eigenvalue weighted by molar-refractivity contribution is 0.0770. The summed E-state index contributed by atoms with van der Waals surface area (Å²) >= 11 is 0. The molecule has 0 radical (unpaired) electrons. The van der Waals surface area contributed by atoms with E-state index < -0.39 is 0 Å². The van der Waals surface area contributed by atoms with Crippen molar-refractivity contribution in [2.24, 2.45) is 0 Å². The zero-order valence-corrected chi connectivity index (χ0v) is 15.7. The van der Waals surface area contributed by atoms with Gasteiger partial charge in [-0.3, -0.25) is 0 Å². The molecule has 3 aromatic heterocycles. The Hall–Kier alpha value is -2.93. The lowest BCUT2D eigenvalue weighted by Crippen LogP contribution is -2.27. The zero-order valence-electron chi connectivity index (χ0n) is 15.7. The van der Waals surface area contributed by atoms with Crippen molar-refractivity contribution >= 4 is 22.1 Å². The van der Waals surface area contributed by atoms with Gasteiger partial charge in [-0.2, -0.15) is 0 Å². The fourth-order valence-corrected chi connectivity index (χ4v) is 4.32. The number of rotatable bonds is 3. The van der Waals surface area contributed by atoms with Gasteiger partial charge < -0.3 is 19.2 Å². The number of furan rings is 1. The van der Waals surface area contributed by atoms with Gasteiger partial charge in [-0.25, -0.2) is 4.98 Å². The predicted octanol–water partition coefficient (Wildman–Crippen LogP) is 3.98. The van der Waals surface area contributed by atoms with E-state index in [0.29, 0.717) is 33.4 Å². The minimum Gasteiger partial charge on any atom is -0.506 e. The number of aromatic nitrogens is 4. The van der Waals surface area contributed by atoms with Gasteiger partial charge >= 0.3 is 0 Å². The first-order valence-electron chi connectivity index (χ1n) is 9.78. The topological polar surface area (TPSA) is 97.2 Å². The van der Waals surface area contributed by atoms with Gasteiger partial charge in [0.1, 0.15) is 16.8 Å². The van der Waals surface area contributed by atoms with Crippen LogP contribution in [0.15, 0.2) is 35.2 Å². The van der Waals surface area contributed by atoms with Crippen LogP contribution in [0.25, 0.3) is 33.4 Å². The van der Waals surface area contributed by atoms with Crippen molar-refractivity contribution in [1.82, 2.24) is 19.7 Å². The molecule has 0 amide bonds. The van der Waals surface area contributed by atoms with Crippen molar-refractivity contribution in [2.45, 2.75) is 51.2 Å². The Morgan fingerprint density at radius 2 is 2.07 bits per heavy atom. The van der Waals surface area contributed by atoms with Crippen molar-refractivity contribution < 1.29 is 14.6 Å². The Kier molecular flexibility index (Phi) is 4.05. The summed E-state index contributed by atoms with van der Waals surface area (Å²) in [5.41, 5.74) is 4.21. The van der Waals surface area contributed by atoms with E-state index in [2.05, 4.69) is 15.2 Å². The highest BCUT2D eigenvalue weighted by Gasteiger charge is 2.27. The number of aliphatic hydroxyl groups excluding tert-OH is 1. The lowest BCUT2D eigenvalue weighted by Gasteiger charge is -2.28. The van der Waals surface area contributed by atoms with Crippen LogP contribution in [0.5, 0.6) is 5.75 Å². The molecule has 1 fully saturated rings. The summed E-state index contributed by atoms with van der Waals surface area (Å²) in [6.45, 7) is 2.03. The normalized spacial score (nSPS) is 20.2. The van der Waals surface area contributed by atoms with Crippen molar-refractivity contribution in [1.29, 1.82) is 0 Å². The third kappa shape index (κ3) is 2.57. The van der Waals surface area contributed by atoms with Crippen LogP contribution in [-0.2, 0) is 6.42 Å². The number of phenolic OH excluding ortho intramolecular Hbond substituents is 1. The average molecular weight is 378 g/mol. The summed E-state index contributed by atoms with van der Waals surface area (Å²) in [4.78, 5) is 4.50. The van der Waals surface area contributed by atoms with E-state index in [1.165, 1.54) is 0 Å². The molecule has 0 unspecified atom stereocenters. The maximum absolute atomic E-state index is 10.8. The third-order valence-corrected chi connectivity index (χ3v) is 5.82. The summed E-state index contributed by atoms with van der Waals surface area (Å²) in [5.74, 6) is 0.152. The predicted molar refractivity (Wildman–Crippen MR) is 105 cm³/mol. The van der Waals surface area contributed by atoms with E-state index in [-0.39, 0.29) is 17.9 Å². The van der Waals surface area contributed by atoms with E-state index in [0.717, 1.165) is 37.7 Å². The maximum Gasteiger partial charge on any atom is 0.182 e. The highest BCUT2D eigenvalue weighted by atomic mass is 16.3. The molecule has 7 heteroatoms. The molecule has 3 heterocycles. The smallest absolute Gasteiger partial charge is 0.182 e. The monoisotopic (exact) mass is 378 g/mol. The summed E-state index contributed by atoms with van der Waals surface area (Å²) in [7, 11) is 0. The number of phenols is 1. The lowest BCUT2D eigenvalue weighted by atomic mass is 9.92. The van der Waals surface area contributed by atoms with Gasteiger partial charge in [0.15, 0.2) is 5.65 Å². The van der Waals surface area contributed by atoms with Gasteiger partial charge in [-0.15, -0.1) is 10.2 Å². The molecule has 144 valence electrons. The SMILES string of the molecule is CCc1cc2occc2c(O)c1-c1cc2ncn([C@@H]3CCCC[C@H]3O)c2nn1. The molecule has 0 spiro atoms. The maximum atomic E-state index is 10.8. The van der Waals surface area contributed by atoms with Gasteiger partial charge in [-0.05, 0) is 43.0 Å². The molecule has 2 N–H and O–H groups in total. The molecule has 0 bridgehead atoms. The summed E-state index contributed by atoms with van der Waals surface area (Å²) in [6.07, 6.45) is 7.50. The quantitative estimate of drug-likeness (QED) is 0.560. The third-order valence-electron chi connectivity index (χ3n) is 5.82. The molecule has 28 heavy (non-hydrogen) atoms. The minimum absolute atomic E-state index is 0.0132. The van der Waals surface area contributed by atoms with Crippen LogP contribution in [0.4, 0.5) is 0 Å². The number of aliphatic hydroxyl groups is 1. The van der Waals surface area contributed by atoms with Crippen molar-refractivity contribution in [3.05, 3.63) is 36.4 Å². The minimum atomic E-state index is -0.383. The molecule has 5 rings (SSSR count). The van der Waals surface area contributed by atoms with E-state index in [1.54, 1.807) is 18.7 Å². The number of hydrogen-bond acceptors (Lipinski definition) is 6. The van der Waals surface area contributed by atoms with Crippen LogP contribution < -0.4 is 0 Å². The molecule has 1 saturated carbocycles. The molecule has 0 saturated heterocycles. The molecular weight excluding hydrogens is 356 g/mol. The molecule has 7 nitrogen and oxygen atoms in total. The highest BCUT2D eigenvalue weighted by Crippen LogP contribution is 2.39. The number of aryl methyl sites for hydroxylation is 1. The second-order valence-electron chi connectivity index (χ2n) is 7.45. The highest BCUT2D eigenvalue weighted by molar-refractivity contribution is 5.94. The number of imidazole rings is 1. The Morgan fingerprint density at radius 3 is 2.89 bits per heavy atom.